The van der Waals surface area contributed by atoms with Crippen molar-refractivity contribution in [1.82, 2.24) is 20.2 Å². The van der Waals surface area contributed by atoms with E-state index < -0.39 is 0 Å². The van der Waals surface area contributed by atoms with Crippen LogP contribution in [0.15, 0.2) is 30.6 Å². The molecule has 0 spiro atoms. The van der Waals surface area contributed by atoms with E-state index >= 15 is 0 Å². The van der Waals surface area contributed by atoms with Crippen molar-refractivity contribution in [1.29, 1.82) is 0 Å². The molecule has 70 valence electrons. The van der Waals surface area contributed by atoms with Crippen LogP contribution < -0.4 is 0 Å². The lowest BCUT2D eigenvalue weighted by atomic mass is 10.1. The molecule has 0 bridgehead atoms. The zero-order chi connectivity index (χ0) is 9.38. The van der Waals surface area contributed by atoms with E-state index in [1.165, 1.54) is 0 Å². The number of benzene rings is 1. The Hall–Kier alpha value is -1.75. The van der Waals surface area contributed by atoms with Crippen LogP contribution >= 0.6 is 0 Å². The summed E-state index contributed by atoms with van der Waals surface area (Å²) in [6.45, 7) is 0.791. The van der Waals surface area contributed by atoms with E-state index in [0.29, 0.717) is 0 Å². The van der Waals surface area contributed by atoms with Gasteiger partial charge in [0.1, 0.15) is 12.4 Å². The van der Waals surface area contributed by atoms with Crippen LogP contribution in [0.5, 0.6) is 0 Å². The van der Waals surface area contributed by atoms with Gasteiger partial charge in [0.05, 0.1) is 12.3 Å². The maximum absolute atomic E-state index is 5.25. The molecule has 0 saturated carbocycles. The predicted molar refractivity (Wildman–Crippen MR) is 47.8 cm³/mol. The quantitative estimate of drug-likeness (QED) is 0.652. The molecule has 2 aromatic rings. The van der Waals surface area contributed by atoms with E-state index in [-0.39, 0.29) is 6.10 Å². The summed E-state index contributed by atoms with van der Waals surface area (Å²) >= 11 is 0. The minimum atomic E-state index is 0.218. The number of hydrogen-bond acceptors (Lipinski definition) is 4. The summed E-state index contributed by atoms with van der Waals surface area (Å²) in [5.41, 5.74) is 2.12. The molecule has 2 heterocycles. The van der Waals surface area contributed by atoms with E-state index in [0.717, 1.165) is 17.9 Å². The summed E-state index contributed by atoms with van der Waals surface area (Å²) in [6, 6.07) is 7.97. The van der Waals surface area contributed by atoms with Gasteiger partial charge in [-0.05, 0) is 16.5 Å². The molecular formula is C9H8N4O. The van der Waals surface area contributed by atoms with Crippen molar-refractivity contribution in [3.63, 3.8) is 0 Å². The zero-order valence-electron chi connectivity index (χ0n) is 7.37. The SMILES string of the molecule is c1ccc(-n2cnnn2)c([C@@H]2CO2)c1. The Labute approximate surface area is 80.3 Å². The average Bonchev–Trinajstić information content (AvgIpc) is 2.94. The van der Waals surface area contributed by atoms with Gasteiger partial charge in [0.15, 0.2) is 0 Å². The van der Waals surface area contributed by atoms with E-state index in [1.54, 1.807) is 11.0 Å². The van der Waals surface area contributed by atoms with Gasteiger partial charge in [-0.2, -0.15) is 0 Å². The number of nitrogens with zero attached hydrogens (tertiary/aromatic N) is 4. The molecule has 0 amide bonds. The minimum absolute atomic E-state index is 0.218. The van der Waals surface area contributed by atoms with E-state index in [1.807, 2.05) is 24.3 Å². The standard InChI is InChI=1S/C9H8N4O/c1-2-4-8(13-6-10-11-12-13)7(3-1)9-5-14-9/h1-4,6,9H,5H2/t9-/m0/s1. The second-order valence-electron chi connectivity index (χ2n) is 3.14. The molecule has 1 fully saturated rings. The van der Waals surface area contributed by atoms with Crippen molar-refractivity contribution in [2.75, 3.05) is 6.61 Å². The lowest BCUT2D eigenvalue weighted by Crippen LogP contribution is -1.99. The van der Waals surface area contributed by atoms with Crippen molar-refractivity contribution in [2.24, 2.45) is 0 Å². The van der Waals surface area contributed by atoms with Crippen LogP contribution in [0.3, 0.4) is 0 Å². The Kier molecular flexibility index (Phi) is 1.57. The first-order valence-corrected chi connectivity index (χ1v) is 4.39. The first kappa shape index (κ1) is 7.64. The second kappa shape index (κ2) is 2.88. The van der Waals surface area contributed by atoms with Gasteiger partial charge in [-0.25, -0.2) is 4.68 Å². The van der Waals surface area contributed by atoms with Crippen LogP contribution in [0, 0.1) is 0 Å². The molecule has 1 aromatic heterocycles. The Balaban J connectivity index is 2.12. The highest BCUT2D eigenvalue weighted by Crippen LogP contribution is 2.33. The number of rotatable bonds is 2. The molecule has 1 saturated heterocycles. The van der Waals surface area contributed by atoms with Gasteiger partial charge in [-0.1, -0.05) is 18.2 Å². The maximum atomic E-state index is 5.25. The van der Waals surface area contributed by atoms with Gasteiger partial charge in [0.2, 0.25) is 0 Å². The summed E-state index contributed by atoms with van der Waals surface area (Å²) in [5, 5.41) is 11.1. The van der Waals surface area contributed by atoms with Crippen LogP contribution in [0.1, 0.15) is 11.7 Å². The van der Waals surface area contributed by atoms with Crippen molar-refractivity contribution in [3.05, 3.63) is 36.2 Å². The third-order valence-electron chi connectivity index (χ3n) is 2.21. The molecule has 0 radical (unpaired) electrons. The number of hydrogen-bond donors (Lipinski definition) is 0. The number of para-hydroxylation sites is 1. The third-order valence-corrected chi connectivity index (χ3v) is 2.21. The molecule has 3 rings (SSSR count). The third kappa shape index (κ3) is 1.18. The van der Waals surface area contributed by atoms with Gasteiger partial charge >= 0.3 is 0 Å². The van der Waals surface area contributed by atoms with E-state index in [9.17, 15) is 0 Å². The van der Waals surface area contributed by atoms with Crippen molar-refractivity contribution < 1.29 is 4.74 Å². The molecule has 0 N–H and O–H groups in total. The number of ether oxygens (including phenoxy) is 1. The molecule has 0 aliphatic carbocycles. The summed E-state index contributed by atoms with van der Waals surface area (Å²) < 4.78 is 6.90. The fourth-order valence-electron chi connectivity index (χ4n) is 1.47. The molecule has 1 aliphatic rings. The van der Waals surface area contributed by atoms with Crippen LogP contribution in [-0.4, -0.2) is 26.8 Å². The molecule has 0 unspecified atom stereocenters. The fourth-order valence-corrected chi connectivity index (χ4v) is 1.47. The van der Waals surface area contributed by atoms with Gasteiger partial charge in [-0.15, -0.1) is 5.10 Å². The monoisotopic (exact) mass is 188 g/mol. The highest BCUT2D eigenvalue weighted by atomic mass is 16.6. The minimum Gasteiger partial charge on any atom is -0.368 e. The Morgan fingerprint density at radius 3 is 2.93 bits per heavy atom. The molecule has 1 aromatic carbocycles. The van der Waals surface area contributed by atoms with Gasteiger partial charge < -0.3 is 4.74 Å². The summed E-state index contributed by atoms with van der Waals surface area (Å²) in [7, 11) is 0. The second-order valence-corrected chi connectivity index (χ2v) is 3.14. The highest BCUT2D eigenvalue weighted by molar-refractivity contribution is 5.42. The number of epoxide rings is 1. The molecular weight excluding hydrogens is 180 g/mol. The number of aromatic nitrogens is 4. The topological polar surface area (TPSA) is 56.1 Å². The largest absolute Gasteiger partial charge is 0.368 e. The Morgan fingerprint density at radius 1 is 1.36 bits per heavy atom. The fraction of sp³-hybridized carbons (Fsp3) is 0.222. The Morgan fingerprint density at radius 2 is 2.21 bits per heavy atom. The zero-order valence-corrected chi connectivity index (χ0v) is 7.37. The van der Waals surface area contributed by atoms with E-state index in [2.05, 4.69) is 15.5 Å². The Bertz CT molecular complexity index is 436. The lowest BCUT2D eigenvalue weighted by molar-refractivity contribution is 0.415. The average molecular weight is 188 g/mol. The molecule has 5 heteroatoms. The van der Waals surface area contributed by atoms with Crippen LogP contribution in [-0.2, 0) is 4.74 Å². The van der Waals surface area contributed by atoms with Crippen molar-refractivity contribution in [3.8, 4) is 5.69 Å². The summed E-state index contributed by atoms with van der Waals surface area (Å²) in [5.74, 6) is 0. The molecule has 14 heavy (non-hydrogen) atoms. The van der Waals surface area contributed by atoms with Gasteiger partial charge in [0.25, 0.3) is 0 Å². The van der Waals surface area contributed by atoms with Crippen LogP contribution in [0.25, 0.3) is 5.69 Å². The first-order valence-electron chi connectivity index (χ1n) is 4.39. The lowest BCUT2D eigenvalue weighted by Gasteiger charge is -2.04. The van der Waals surface area contributed by atoms with Gasteiger partial charge in [-0.3, -0.25) is 0 Å². The highest BCUT2D eigenvalue weighted by Gasteiger charge is 2.27. The van der Waals surface area contributed by atoms with Crippen LogP contribution in [0.4, 0.5) is 0 Å². The normalized spacial score (nSPS) is 19.6. The van der Waals surface area contributed by atoms with Crippen molar-refractivity contribution >= 4 is 0 Å². The van der Waals surface area contributed by atoms with Gasteiger partial charge in [0, 0.05) is 5.56 Å². The van der Waals surface area contributed by atoms with Crippen LogP contribution in [0.2, 0.25) is 0 Å². The summed E-state index contributed by atoms with van der Waals surface area (Å²) in [6.07, 6.45) is 1.80. The molecule has 1 atom stereocenters. The van der Waals surface area contributed by atoms with Crippen molar-refractivity contribution in [2.45, 2.75) is 6.10 Å². The first-order chi connectivity index (χ1) is 6.95. The smallest absolute Gasteiger partial charge is 0.143 e. The predicted octanol–water partition coefficient (Wildman–Crippen LogP) is 0.734. The number of tetrazole rings is 1. The molecule has 5 nitrogen and oxygen atoms in total. The molecule has 1 aliphatic heterocycles. The van der Waals surface area contributed by atoms with E-state index in [4.69, 9.17) is 4.74 Å². The summed E-state index contributed by atoms with van der Waals surface area (Å²) in [4.78, 5) is 0. The maximum Gasteiger partial charge on any atom is 0.143 e.